The van der Waals surface area contributed by atoms with Gasteiger partial charge in [0.15, 0.2) is 0 Å². The van der Waals surface area contributed by atoms with Crippen molar-refractivity contribution in [3.05, 3.63) is 35.4 Å². The van der Waals surface area contributed by atoms with Gasteiger partial charge in [-0.15, -0.1) is 0 Å². The zero-order valence-electron chi connectivity index (χ0n) is 9.99. The maximum atomic E-state index is 11.5. The van der Waals surface area contributed by atoms with Crippen molar-refractivity contribution in [2.75, 3.05) is 6.54 Å². The van der Waals surface area contributed by atoms with Gasteiger partial charge >= 0.3 is 0 Å². The van der Waals surface area contributed by atoms with E-state index >= 15 is 0 Å². The summed E-state index contributed by atoms with van der Waals surface area (Å²) in [6, 6.07) is 8.26. The highest BCUT2D eigenvalue weighted by atomic mass is 16.1. The molecule has 1 aromatic carbocycles. The van der Waals surface area contributed by atoms with E-state index in [1.807, 2.05) is 26.0 Å². The molecular weight excluding hydrogens is 200 g/mol. The molecule has 1 atom stereocenters. The number of carbonyl (C=O) groups excluding carboxylic acids is 1. The second kappa shape index (κ2) is 6.28. The largest absolute Gasteiger partial charge is 0.350 e. The lowest BCUT2D eigenvalue weighted by molar-refractivity contribution is -0.121. The second-order valence-electron chi connectivity index (χ2n) is 4.09. The SMILES string of the molecule is Cc1ccc([C@@H](C)NC(=O)CCCN)cc1. The van der Waals surface area contributed by atoms with Crippen LogP contribution in [0.3, 0.4) is 0 Å². The Bertz CT molecular complexity index is 332. The van der Waals surface area contributed by atoms with Crippen molar-refractivity contribution >= 4 is 5.91 Å². The summed E-state index contributed by atoms with van der Waals surface area (Å²) >= 11 is 0. The molecule has 0 saturated heterocycles. The molecule has 3 nitrogen and oxygen atoms in total. The van der Waals surface area contributed by atoms with Crippen LogP contribution < -0.4 is 11.1 Å². The van der Waals surface area contributed by atoms with Crippen LogP contribution in [0.2, 0.25) is 0 Å². The van der Waals surface area contributed by atoms with Crippen LogP contribution in [-0.4, -0.2) is 12.5 Å². The quantitative estimate of drug-likeness (QED) is 0.796. The van der Waals surface area contributed by atoms with Crippen molar-refractivity contribution in [1.29, 1.82) is 0 Å². The molecule has 0 spiro atoms. The van der Waals surface area contributed by atoms with Crippen LogP contribution in [0.25, 0.3) is 0 Å². The number of nitrogens with two attached hydrogens (primary N) is 1. The van der Waals surface area contributed by atoms with E-state index in [2.05, 4.69) is 17.4 Å². The minimum Gasteiger partial charge on any atom is -0.350 e. The molecule has 1 aromatic rings. The molecule has 1 amide bonds. The Hall–Kier alpha value is -1.35. The molecule has 0 bridgehead atoms. The van der Waals surface area contributed by atoms with Crippen molar-refractivity contribution in [2.24, 2.45) is 5.73 Å². The van der Waals surface area contributed by atoms with Crippen molar-refractivity contribution in [2.45, 2.75) is 32.7 Å². The average Bonchev–Trinajstić information content (AvgIpc) is 2.27. The number of nitrogens with one attached hydrogen (secondary N) is 1. The highest BCUT2D eigenvalue weighted by Gasteiger charge is 2.08. The summed E-state index contributed by atoms with van der Waals surface area (Å²) in [5.41, 5.74) is 7.71. The van der Waals surface area contributed by atoms with Gasteiger partial charge < -0.3 is 11.1 Å². The van der Waals surface area contributed by atoms with Gasteiger partial charge in [0, 0.05) is 6.42 Å². The van der Waals surface area contributed by atoms with Gasteiger partial charge in [-0.25, -0.2) is 0 Å². The molecular formula is C13H20N2O. The normalized spacial score (nSPS) is 12.2. The van der Waals surface area contributed by atoms with Crippen LogP contribution in [0, 0.1) is 6.92 Å². The molecule has 0 aliphatic heterocycles. The number of carbonyl (C=O) groups is 1. The van der Waals surface area contributed by atoms with Gasteiger partial charge in [-0.3, -0.25) is 4.79 Å². The predicted octanol–water partition coefficient (Wildman–Crippen LogP) is 1.91. The molecule has 0 saturated carbocycles. The summed E-state index contributed by atoms with van der Waals surface area (Å²) < 4.78 is 0. The molecule has 88 valence electrons. The average molecular weight is 220 g/mol. The third-order valence-electron chi connectivity index (χ3n) is 2.56. The van der Waals surface area contributed by atoms with Gasteiger partial charge in [0.1, 0.15) is 0 Å². The van der Waals surface area contributed by atoms with Gasteiger partial charge in [0.2, 0.25) is 5.91 Å². The van der Waals surface area contributed by atoms with Crippen molar-refractivity contribution in [1.82, 2.24) is 5.32 Å². The van der Waals surface area contributed by atoms with E-state index in [1.54, 1.807) is 0 Å². The highest BCUT2D eigenvalue weighted by Crippen LogP contribution is 2.13. The van der Waals surface area contributed by atoms with Crippen LogP contribution >= 0.6 is 0 Å². The molecule has 0 heterocycles. The number of aryl methyl sites for hydroxylation is 1. The van der Waals surface area contributed by atoms with Crippen molar-refractivity contribution in [3.8, 4) is 0 Å². The minimum atomic E-state index is 0.0610. The third kappa shape index (κ3) is 4.03. The van der Waals surface area contributed by atoms with Gasteiger partial charge in [0.25, 0.3) is 0 Å². The molecule has 3 heteroatoms. The van der Waals surface area contributed by atoms with Gasteiger partial charge in [-0.1, -0.05) is 29.8 Å². The fourth-order valence-electron chi connectivity index (χ4n) is 1.51. The van der Waals surface area contributed by atoms with Crippen molar-refractivity contribution in [3.63, 3.8) is 0 Å². The zero-order valence-corrected chi connectivity index (χ0v) is 9.99. The predicted molar refractivity (Wildman–Crippen MR) is 66.0 cm³/mol. The Morgan fingerprint density at radius 3 is 2.56 bits per heavy atom. The first-order valence-corrected chi connectivity index (χ1v) is 5.69. The minimum absolute atomic E-state index is 0.0610. The Balaban J connectivity index is 2.48. The molecule has 0 fully saturated rings. The first-order valence-electron chi connectivity index (χ1n) is 5.69. The molecule has 1 rings (SSSR count). The summed E-state index contributed by atoms with van der Waals surface area (Å²) in [7, 11) is 0. The van der Waals surface area contributed by atoms with E-state index in [4.69, 9.17) is 5.73 Å². The molecule has 16 heavy (non-hydrogen) atoms. The molecule has 0 unspecified atom stereocenters. The summed E-state index contributed by atoms with van der Waals surface area (Å²) in [4.78, 5) is 11.5. The Labute approximate surface area is 97.0 Å². The monoisotopic (exact) mass is 220 g/mol. The fraction of sp³-hybridized carbons (Fsp3) is 0.462. The van der Waals surface area contributed by atoms with E-state index < -0.39 is 0 Å². The van der Waals surface area contributed by atoms with Gasteiger partial charge in [0.05, 0.1) is 6.04 Å². The standard InChI is InChI=1S/C13H20N2O/c1-10-5-7-12(8-6-10)11(2)15-13(16)4-3-9-14/h5-8,11H,3-4,9,14H2,1-2H3,(H,15,16)/t11-/m1/s1. The van der Waals surface area contributed by atoms with Crippen LogP contribution in [0.5, 0.6) is 0 Å². The number of hydrogen-bond acceptors (Lipinski definition) is 2. The van der Waals surface area contributed by atoms with E-state index in [1.165, 1.54) is 5.56 Å². The van der Waals surface area contributed by atoms with E-state index in [9.17, 15) is 4.79 Å². The highest BCUT2D eigenvalue weighted by molar-refractivity contribution is 5.76. The number of amides is 1. The molecule has 3 N–H and O–H groups in total. The molecule has 0 aliphatic rings. The maximum absolute atomic E-state index is 11.5. The summed E-state index contributed by atoms with van der Waals surface area (Å²) in [5, 5.41) is 2.96. The second-order valence-corrected chi connectivity index (χ2v) is 4.09. The van der Waals surface area contributed by atoms with Crippen LogP contribution in [0.15, 0.2) is 24.3 Å². The smallest absolute Gasteiger partial charge is 0.220 e. The van der Waals surface area contributed by atoms with Crippen LogP contribution in [0.4, 0.5) is 0 Å². The first kappa shape index (κ1) is 12.7. The first-order chi connectivity index (χ1) is 7.63. The number of benzene rings is 1. The number of hydrogen-bond donors (Lipinski definition) is 2. The Kier molecular flexibility index (Phi) is 4.99. The molecule has 0 aliphatic carbocycles. The number of rotatable bonds is 5. The van der Waals surface area contributed by atoms with Gasteiger partial charge in [-0.2, -0.15) is 0 Å². The van der Waals surface area contributed by atoms with Crippen LogP contribution in [0.1, 0.15) is 36.9 Å². The van der Waals surface area contributed by atoms with E-state index in [0.717, 1.165) is 12.0 Å². The molecule has 0 aromatic heterocycles. The summed E-state index contributed by atoms with van der Waals surface area (Å²) in [6.45, 7) is 4.60. The van der Waals surface area contributed by atoms with E-state index in [-0.39, 0.29) is 11.9 Å². The maximum Gasteiger partial charge on any atom is 0.220 e. The fourth-order valence-corrected chi connectivity index (χ4v) is 1.51. The Morgan fingerprint density at radius 2 is 2.00 bits per heavy atom. The zero-order chi connectivity index (χ0) is 12.0. The lowest BCUT2D eigenvalue weighted by Gasteiger charge is -2.14. The lowest BCUT2D eigenvalue weighted by Crippen LogP contribution is -2.26. The summed E-state index contributed by atoms with van der Waals surface area (Å²) in [6.07, 6.45) is 1.25. The summed E-state index contributed by atoms with van der Waals surface area (Å²) in [5.74, 6) is 0.0681. The third-order valence-corrected chi connectivity index (χ3v) is 2.56. The van der Waals surface area contributed by atoms with Gasteiger partial charge in [-0.05, 0) is 32.4 Å². The Morgan fingerprint density at radius 1 is 1.38 bits per heavy atom. The van der Waals surface area contributed by atoms with E-state index in [0.29, 0.717) is 13.0 Å². The topological polar surface area (TPSA) is 55.1 Å². The van der Waals surface area contributed by atoms with Crippen LogP contribution in [-0.2, 0) is 4.79 Å². The lowest BCUT2D eigenvalue weighted by atomic mass is 10.1. The van der Waals surface area contributed by atoms with Crippen molar-refractivity contribution < 1.29 is 4.79 Å². The molecule has 0 radical (unpaired) electrons.